The van der Waals surface area contributed by atoms with Crippen molar-refractivity contribution in [2.24, 2.45) is 5.92 Å². The van der Waals surface area contributed by atoms with Gasteiger partial charge < -0.3 is 10.2 Å². The van der Waals surface area contributed by atoms with Crippen LogP contribution in [0.15, 0.2) is 0 Å². The van der Waals surface area contributed by atoms with Crippen molar-refractivity contribution < 1.29 is 18.0 Å². The van der Waals surface area contributed by atoms with Crippen LogP contribution in [-0.4, -0.2) is 55.3 Å². The van der Waals surface area contributed by atoms with E-state index in [1.54, 1.807) is 0 Å². The SMILES string of the molecule is CC(C)CC1NC(=O)CN(CC2CCCS2(=O)=O)C1=O. The first-order chi connectivity index (χ1) is 9.29. The van der Waals surface area contributed by atoms with Crippen molar-refractivity contribution in [1.82, 2.24) is 10.2 Å². The molecular formula is C13H22N2O4S. The molecule has 0 saturated carbocycles. The van der Waals surface area contributed by atoms with Crippen LogP contribution < -0.4 is 5.32 Å². The highest BCUT2D eigenvalue weighted by atomic mass is 32.2. The van der Waals surface area contributed by atoms with Crippen molar-refractivity contribution in [3.05, 3.63) is 0 Å². The first kappa shape index (κ1) is 15.3. The minimum atomic E-state index is -3.09. The summed E-state index contributed by atoms with van der Waals surface area (Å²) in [6.45, 7) is 4.10. The molecule has 2 aliphatic heterocycles. The van der Waals surface area contributed by atoms with Gasteiger partial charge in [-0.15, -0.1) is 0 Å². The van der Waals surface area contributed by atoms with E-state index in [0.29, 0.717) is 25.2 Å². The molecule has 2 rings (SSSR count). The van der Waals surface area contributed by atoms with Crippen LogP contribution in [0.5, 0.6) is 0 Å². The second-order valence-electron chi connectivity index (χ2n) is 6.10. The predicted octanol–water partition coefficient (Wildman–Crippen LogP) is -0.0633. The first-order valence-corrected chi connectivity index (χ1v) is 8.81. The van der Waals surface area contributed by atoms with Gasteiger partial charge in [0.1, 0.15) is 6.04 Å². The molecule has 0 radical (unpaired) electrons. The van der Waals surface area contributed by atoms with Crippen molar-refractivity contribution in [1.29, 1.82) is 0 Å². The maximum atomic E-state index is 12.3. The van der Waals surface area contributed by atoms with Crippen LogP contribution in [0.1, 0.15) is 33.1 Å². The molecule has 2 unspecified atom stereocenters. The van der Waals surface area contributed by atoms with Gasteiger partial charge in [-0.1, -0.05) is 13.8 Å². The molecule has 0 aromatic heterocycles. The van der Waals surface area contributed by atoms with E-state index in [4.69, 9.17) is 0 Å². The van der Waals surface area contributed by atoms with Gasteiger partial charge in [-0.2, -0.15) is 0 Å². The lowest BCUT2D eigenvalue weighted by Crippen LogP contribution is -2.59. The third-order valence-corrected chi connectivity index (χ3v) is 6.13. The van der Waals surface area contributed by atoms with Crippen LogP contribution >= 0.6 is 0 Å². The average molecular weight is 302 g/mol. The van der Waals surface area contributed by atoms with Crippen LogP contribution in [0, 0.1) is 5.92 Å². The second-order valence-corrected chi connectivity index (χ2v) is 8.50. The van der Waals surface area contributed by atoms with E-state index >= 15 is 0 Å². The Bertz CT molecular complexity index is 501. The summed E-state index contributed by atoms with van der Waals surface area (Å²) in [5.41, 5.74) is 0. The molecule has 0 aromatic rings. The Kier molecular flexibility index (Phi) is 4.36. The number of amides is 2. The number of rotatable bonds is 4. The molecule has 1 N–H and O–H groups in total. The lowest BCUT2D eigenvalue weighted by Gasteiger charge is -2.34. The van der Waals surface area contributed by atoms with Gasteiger partial charge in [0.2, 0.25) is 11.8 Å². The number of hydrogen-bond acceptors (Lipinski definition) is 4. The molecule has 0 spiro atoms. The van der Waals surface area contributed by atoms with E-state index in [1.165, 1.54) is 4.90 Å². The summed E-state index contributed by atoms with van der Waals surface area (Å²) in [7, 11) is -3.09. The number of carbonyl (C=O) groups excluding carboxylic acids is 2. The first-order valence-electron chi connectivity index (χ1n) is 7.09. The highest BCUT2D eigenvalue weighted by Gasteiger charge is 2.38. The lowest BCUT2D eigenvalue weighted by atomic mass is 10.0. The molecule has 2 heterocycles. The van der Waals surface area contributed by atoms with Crippen LogP contribution in [0.25, 0.3) is 0 Å². The number of piperazine rings is 1. The summed E-state index contributed by atoms with van der Waals surface area (Å²) in [5, 5.41) is 2.19. The smallest absolute Gasteiger partial charge is 0.245 e. The Balaban J connectivity index is 2.06. The summed E-state index contributed by atoms with van der Waals surface area (Å²) in [6, 6.07) is -0.514. The summed E-state index contributed by atoms with van der Waals surface area (Å²) in [6.07, 6.45) is 1.82. The molecule has 0 aliphatic carbocycles. The molecule has 2 fully saturated rings. The van der Waals surface area contributed by atoms with Gasteiger partial charge in [0, 0.05) is 6.54 Å². The molecule has 2 amide bonds. The summed E-state index contributed by atoms with van der Waals surface area (Å²) < 4.78 is 23.7. The van der Waals surface area contributed by atoms with E-state index in [0.717, 1.165) is 0 Å². The summed E-state index contributed by atoms with van der Waals surface area (Å²) in [4.78, 5) is 25.4. The zero-order chi connectivity index (χ0) is 14.9. The van der Waals surface area contributed by atoms with Crippen molar-refractivity contribution in [3.63, 3.8) is 0 Å². The van der Waals surface area contributed by atoms with E-state index in [2.05, 4.69) is 5.32 Å². The van der Waals surface area contributed by atoms with Crippen LogP contribution in [0.4, 0.5) is 0 Å². The minimum Gasteiger partial charge on any atom is -0.343 e. The molecule has 6 nitrogen and oxygen atoms in total. The molecule has 0 bridgehead atoms. The molecule has 2 aliphatic rings. The Labute approximate surface area is 119 Å². The molecule has 0 aromatic carbocycles. The van der Waals surface area contributed by atoms with Gasteiger partial charge in [-0.05, 0) is 25.2 Å². The third-order valence-electron chi connectivity index (χ3n) is 3.87. The minimum absolute atomic E-state index is 0.0283. The largest absolute Gasteiger partial charge is 0.343 e. The van der Waals surface area contributed by atoms with Crippen molar-refractivity contribution >= 4 is 21.7 Å². The van der Waals surface area contributed by atoms with Gasteiger partial charge in [0.05, 0.1) is 17.5 Å². The van der Waals surface area contributed by atoms with Crippen molar-refractivity contribution in [2.45, 2.75) is 44.4 Å². The fourth-order valence-electron chi connectivity index (χ4n) is 2.87. The standard InChI is InChI=1S/C13H22N2O4S/c1-9(2)6-11-13(17)15(8-12(16)14-11)7-10-4-3-5-20(10,18)19/h9-11H,3-8H2,1-2H3,(H,14,16). The van der Waals surface area contributed by atoms with Gasteiger partial charge in [0.15, 0.2) is 9.84 Å². The van der Waals surface area contributed by atoms with Crippen LogP contribution in [0.3, 0.4) is 0 Å². The lowest BCUT2D eigenvalue weighted by molar-refractivity contribution is -0.144. The van der Waals surface area contributed by atoms with Gasteiger partial charge in [0.25, 0.3) is 0 Å². The molecular weight excluding hydrogens is 280 g/mol. The number of nitrogens with one attached hydrogen (secondary N) is 1. The molecule has 2 atom stereocenters. The summed E-state index contributed by atoms with van der Waals surface area (Å²) >= 11 is 0. The molecule has 7 heteroatoms. The zero-order valence-corrected chi connectivity index (χ0v) is 12.8. The van der Waals surface area contributed by atoms with E-state index in [-0.39, 0.29) is 30.7 Å². The Hall–Kier alpha value is -1.11. The van der Waals surface area contributed by atoms with Crippen LogP contribution in [0.2, 0.25) is 0 Å². The van der Waals surface area contributed by atoms with Crippen LogP contribution in [-0.2, 0) is 19.4 Å². The Morgan fingerprint density at radius 3 is 2.60 bits per heavy atom. The number of hydrogen-bond donors (Lipinski definition) is 1. The Morgan fingerprint density at radius 1 is 1.35 bits per heavy atom. The second kappa shape index (κ2) is 5.71. The van der Waals surface area contributed by atoms with Gasteiger partial charge in [-0.25, -0.2) is 8.42 Å². The van der Waals surface area contributed by atoms with Crippen molar-refractivity contribution in [3.8, 4) is 0 Å². The normalized spacial score (nSPS) is 29.9. The maximum absolute atomic E-state index is 12.3. The fourth-order valence-corrected chi connectivity index (χ4v) is 4.70. The van der Waals surface area contributed by atoms with E-state index in [9.17, 15) is 18.0 Å². The van der Waals surface area contributed by atoms with E-state index in [1.807, 2.05) is 13.8 Å². The van der Waals surface area contributed by atoms with Gasteiger partial charge in [-0.3, -0.25) is 9.59 Å². The maximum Gasteiger partial charge on any atom is 0.245 e. The number of nitrogens with zero attached hydrogens (tertiary/aromatic N) is 1. The molecule has 2 saturated heterocycles. The highest BCUT2D eigenvalue weighted by Crippen LogP contribution is 2.22. The van der Waals surface area contributed by atoms with E-state index < -0.39 is 21.1 Å². The topological polar surface area (TPSA) is 83.6 Å². The van der Waals surface area contributed by atoms with Crippen molar-refractivity contribution in [2.75, 3.05) is 18.8 Å². The zero-order valence-electron chi connectivity index (χ0n) is 12.0. The quantitative estimate of drug-likeness (QED) is 0.788. The molecule has 114 valence electrons. The monoisotopic (exact) mass is 302 g/mol. The third kappa shape index (κ3) is 3.31. The molecule has 20 heavy (non-hydrogen) atoms. The number of carbonyl (C=O) groups is 2. The highest BCUT2D eigenvalue weighted by molar-refractivity contribution is 7.92. The summed E-state index contributed by atoms with van der Waals surface area (Å²) in [5.74, 6) is 0.131. The Morgan fingerprint density at radius 2 is 2.05 bits per heavy atom. The fraction of sp³-hybridized carbons (Fsp3) is 0.846. The predicted molar refractivity (Wildman–Crippen MR) is 74.8 cm³/mol. The number of sulfone groups is 1. The van der Waals surface area contributed by atoms with Gasteiger partial charge >= 0.3 is 0 Å². The average Bonchev–Trinajstić information content (AvgIpc) is 2.64.